The molecule has 4 amide bonds. The molecular weight excluding hydrogens is 400 g/mol. The first kappa shape index (κ1) is 20.9. The molecule has 0 saturated carbocycles. The number of halogens is 2. The molecule has 156 valence electrons. The van der Waals surface area contributed by atoms with Crippen molar-refractivity contribution in [3.8, 4) is 0 Å². The number of rotatable bonds is 6. The number of imide groups is 1. The summed E-state index contributed by atoms with van der Waals surface area (Å²) in [5.74, 6) is -3.67. The summed E-state index contributed by atoms with van der Waals surface area (Å²) < 4.78 is 31.6. The molecule has 30 heavy (non-hydrogen) atoms. The SMILES string of the molecule is CC(OC(=O)c1ccc(CN2C(=O)CNC2=O)cc1)C(=O)Nc1ccc(F)cc1F. The Labute approximate surface area is 169 Å². The summed E-state index contributed by atoms with van der Waals surface area (Å²) in [6.07, 6.45) is -1.24. The summed E-state index contributed by atoms with van der Waals surface area (Å²) in [5, 5.41) is 4.63. The predicted molar refractivity (Wildman–Crippen MR) is 100 cm³/mol. The summed E-state index contributed by atoms with van der Waals surface area (Å²) in [6.45, 7) is 1.31. The van der Waals surface area contributed by atoms with Crippen molar-refractivity contribution in [3.63, 3.8) is 0 Å². The maximum absolute atomic E-state index is 13.6. The van der Waals surface area contributed by atoms with Gasteiger partial charge in [0.2, 0.25) is 5.91 Å². The molecule has 1 heterocycles. The van der Waals surface area contributed by atoms with Gasteiger partial charge in [-0.15, -0.1) is 0 Å². The summed E-state index contributed by atoms with van der Waals surface area (Å²) >= 11 is 0. The maximum Gasteiger partial charge on any atom is 0.338 e. The number of ether oxygens (including phenoxy) is 1. The molecular formula is C20H17F2N3O5. The molecule has 10 heteroatoms. The van der Waals surface area contributed by atoms with Gasteiger partial charge in [0.25, 0.3) is 5.91 Å². The maximum atomic E-state index is 13.6. The first-order chi connectivity index (χ1) is 14.2. The van der Waals surface area contributed by atoms with E-state index in [0.29, 0.717) is 11.6 Å². The quantitative estimate of drug-likeness (QED) is 0.554. The molecule has 1 saturated heterocycles. The monoisotopic (exact) mass is 417 g/mol. The number of benzene rings is 2. The summed E-state index contributed by atoms with van der Waals surface area (Å²) in [6, 6.07) is 8.13. The molecule has 0 spiro atoms. The Bertz CT molecular complexity index is 994. The van der Waals surface area contributed by atoms with Gasteiger partial charge in [0.05, 0.1) is 24.3 Å². The van der Waals surface area contributed by atoms with Crippen LogP contribution in [0.1, 0.15) is 22.8 Å². The van der Waals surface area contributed by atoms with Crippen LogP contribution in [0.5, 0.6) is 0 Å². The molecule has 0 aliphatic carbocycles. The Hall–Kier alpha value is -3.82. The van der Waals surface area contributed by atoms with Crippen LogP contribution in [0.4, 0.5) is 19.3 Å². The van der Waals surface area contributed by atoms with Crippen LogP contribution in [-0.4, -0.2) is 41.4 Å². The van der Waals surface area contributed by atoms with Gasteiger partial charge >= 0.3 is 12.0 Å². The molecule has 0 aromatic heterocycles. The van der Waals surface area contributed by atoms with E-state index in [1.807, 2.05) is 0 Å². The van der Waals surface area contributed by atoms with Crippen molar-refractivity contribution in [3.05, 3.63) is 65.2 Å². The number of carbonyl (C=O) groups excluding carboxylic acids is 4. The van der Waals surface area contributed by atoms with Crippen LogP contribution in [0.15, 0.2) is 42.5 Å². The van der Waals surface area contributed by atoms with Gasteiger partial charge in [-0.25, -0.2) is 18.4 Å². The van der Waals surface area contributed by atoms with E-state index in [1.165, 1.54) is 19.1 Å². The lowest BCUT2D eigenvalue weighted by Gasteiger charge is -2.15. The van der Waals surface area contributed by atoms with Crippen molar-refractivity contribution in [2.45, 2.75) is 19.6 Å². The van der Waals surface area contributed by atoms with E-state index in [1.54, 1.807) is 12.1 Å². The number of urea groups is 1. The summed E-state index contributed by atoms with van der Waals surface area (Å²) in [5.41, 5.74) is 0.521. The average molecular weight is 417 g/mol. The largest absolute Gasteiger partial charge is 0.449 e. The number of hydrogen-bond donors (Lipinski definition) is 2. The van der Waals surface area contributed by atoms with Gasteiger partial charge in [-0.1, -0.05) is 12.1 Å². The number of amides is 4. The summed E-state index contributed by atoms with van der Waals surface area (Å²) in [4.78, 5) is 48.5. The molecule has 2 aromatic carbocycles. The fraction of sp³-hybridized carbons (Fsp3) is 0.200. The zero-order valence-corrected chi connectivity index (χ0v) is 15.8. The molecule has 8 nitrogen and oxygen atoms in total. The van der Waals surface area contributed by atoms with E-state index in [0.717, 1.165) is 17.0 Å². The number of anilines is 1. The molecule has 0 bridgehead atoms. The third-order valence-corrected chi connectivity index (χ3v) is 4.31. The minimum absolute atomic E-state index is 0.0506. The second kappa shape index (κ2) is 8.68. The molecule has 2 N–H and O–H groups in total. The predicted octanol–water partition coefficient (Wildman–Crippen LogP) is 2.20. The lowest BCUT2D eigenvalue weighted by molar-refractivity contribution is -0.125. The van der Waals surface area contributed by atoms with Gasteiger partial charge in [-0.3, -0.25) is 14.5 Å². The molecule has 1 aliphatic heterocycles. The molecule has 1 aliphatic rings. The standard InChI is InChI=1S/C20H17F2N3O5/c1-11(18(27)24-16-7-6-14(21)8-15(16)22)30-19(28)13-4-2-12(3-5-13)10-25-17(26)9-23-20(25)29/h2-8,11H,9-10H2,1H3,(H,23,29)(H,24,27). The Balaban J connectivity index is 1.57. The van der Waals surface area contributed by atoms with Crippen LogP contribution in [0, 0.1) is 11.6 Å². The van der Waals surface area contributed by atoms with Gasteiger partial charge in [0, 0.05) is 6.07 Å². The van der Waals surface area contributed by atoms with E-state index in [9.17, 15) is 28.0 Å². The van der Waals surface area contributed by atoms with Crippen LogP contribution in [0.3, 0.4) is 0 Å². The lowest BCUT2D eigenvalue weighted by atomic mass is 10.1. The van der Waals surface area contributed by atoms with Crippen LogP contribution in [-0.2, 0) is 20.9 Å². The summed E-state index contributed by atoms with van der Waals surface area (Å²) in [7, 11) is 0. The minimum Gasteiger partial charge on any atom is -0.449 e. The van der Waals surface area contributed by atoms with E-state index in [4.69, 9.17) is 4.74 Å². The topological polar surface area (TPSA) is 105 Å². The zero-order chi connectivity index (χ0) is 21.8. The lowest BCUT2D eigenvalue weighted by Crippen LogP contribution is -2.30. The van der Waals surface area contributed by atoms with E-state index in [2.05, 4.69) is 10.6 Å². The molecule has 2 aromatic rings. The zero-order valence-electron chi connectivity index (χ0n) is 15.8. The first-order valence-corrected chi connectivity index (χ1v) is 8.88. The fourth-order valence-corrected chi connectivity index (χ4v) is 2.65. The number of carbonyl (C=O) groups is 4. The van der Waals surface area contributed by atoms with E-state index >= 15 is 0 Å². The van der Waals surface area contributed by atoms with Crippen LogP contribution in [0.25, 0.3) is 0 Å². The fourth-order valence-electron chi connectivity index (χ4n) is 2.65. The highest BCUT2D eigenvalue weighted by atomic mass is 19.1. The second-order valence-electron chi connectivity index (χ2n) is 6.50. The Kier molecular flexibility index (Phi) is 6.05. The van der Waals surface area contributed by atoms with Crippen molar-refractivity contribution in [2.75, 3.05) is 11.9 Å². The highest BCUT2D eigenvalue weighted by Crippen LogP contribution is 2.16. The van der Waals surface area contributed by atoms with E-state index < -0.39 is 35.6 Å². The van der Waals surface area contributed by atoms with Crippen molar-refractivity contribution in [1.82, 2.24) is 10.2 Å². The number of hydrogen-bond acceptors (Lipinski definition) is 5. The highest BCUT2D eigenvalue weighted by molar-refractivity contribution is 6.02. The Morgan fingerprint density at radius 3 is 2.47 bits per heavy atom. The van der Waals surface area contributed by atoms with Crippen molar-refractivity contribution < 1.29 is 32.7 Å². The van der Waals surface area contributed by atoms with Crippen LogP contribution < -0.4 is 10.6 Å². The number of nitrogens with one attached hydrogen (secondary N) is 2. The van der Waals surface area contributed by atoms with E-state index in [-0.39, 0.29) is 30.2 Å². The van der Waals surface area contributed by atoms with Crippen LogP contribution >= 0.6 is 0 Å². The number of esters is 1. The molecule has 0 radical (unpaired) electrons. The Morgan fingerprint density at radius 2 is 1.87 bits per heavy atom. The average Bonchev–Trinajstić information content (AvgIpc) is 3.02. The minimum atomic E-state index is -1.24. The van der Waals surface area contributed by atoms with Gasteiger partial charge in [-0.05, 0) is 36.8 Å². The normalized spacial score (nSPS) is 14.3. The van der Waals surface area contributed by atoms with Gasteiger partial charge in [0.1, 0.15) is 11.6 Å². The third-order valence-electron chi connectivity index (χ3n) is 4.31. The highest BCUT2D eigenvalue weighted by Gasteiger charge is 2.28. The second-order valence-corrected chi connectivity index (χ2v) is 6.50. The molecule has 1 atom stereocenters. The smallest absolute Gasteiger partial charge is 0.338 e. The molecule has 1 fully saturated rings. The Morgan fingerprint density at radius 1 is 1.17 bits per heavy atom. The first-order valence-electron chi connectivity index (χ1n) is 8.88. The van der Waals surface area contributed by atoms with Crippen molar-refractivity contribution in [2.24, 2.45) is 0 Å². The van der Waals surface area contributed by atoms with Gasteiger partial charge in [0.15, 0.2) is 6.10 Å². The van der Waals surface area contributed by atoms with Crippen LogP contribution in [0.2, 0.25) is 0 Å². The van der Waals surface area contributed by atoms with Gasteiger partial charge < -0.3 is 15.4 Å². The van der Waals surface area contributed by atoms with Crippen molar-refractivity contribution >= 4 is 29.5 Å². The third kappa shape index (κ3) is 4.77. The van der Waals surface area contributed by atoms with Gasteiger partial charge in [-0.2, -0.15) is 0 Å². The molecule has 3 rings (SSSR count). The molecule has 1 unspecified atom stereocenters. The number of nitrogens with zero attached hydrogens (tertiary/aromatic N) is 1. The van der Waals surface area contributed by atoms with Crippen molar-refractivity contribution in [1.29, 1.82) is 0 Å².